The molecule has 0 spiro atoms. The van der Waals surface area contributed by atoms with Crippen LogP contribution in [0, 0.1) is 16.7 Å². The van der Waals surface area contributed by atoms with Crippen molar-refractivity contribution in [2.24, 2.45) is 0 Å². The highest BCUT2D eigenvalue weighted by atomic mass is 16.7. The summed E-state index contributed by atoms with van der Waals surface area (Å²) in [4.78, 5) is 3.93. The van der Waals surface area contributed by atoms with Crippen LogP contribution in [0.2, 0.25) is 0 Å². The second-order valence-electron chi connectivity index (χ2n) is 4.27. The Morgan fingerprint density at radius 3 is 3.00 bits per heavy atom. The maximum Gasteiger partial charge on any atom is 0.163 e. The minimum absolute atomic E-state index is 0.110. The molecule has 1 aromatic rings. The lowest BCUT2D eigenvalue weighted by molar-refractivity contribution is -0.139. The standard InChI is InChI=1S/C12H13N3O2/c1-12(2)16-7-11(17-12)8-3-4-15-6-9(8)10(14)5-13/h3-4,6,11,14H,7H2,1-2H3. The second kappa shape index (κ2) is 4.24. The van der Waals surface area contributed by atoms with Gasteiger partial charge < -0.3 is 9.47 Å². The number of nitrogens with one attached hydrogen (secondary N) is 1. The van der Waals surface area contributed by atoms with Crippen LogP contribution in [0.4, 0.5) is 0 Å². The van der Waals surface area contributed by atoms with Crippen LogP contribution in [0.3, 0.4) is 0 Å². The topological polar surface area (TPSA) is 79.0 Å². The summed E-state index contributed by atoms with van der Waals surface area (Å²) < 4.78 is 11.2. The van der Waals surface area contributed by atoms with Gasteiger partial charge in [-0.1, -0.05) is 0 Å². The van der Waals surface area contributed by atoms with Crippen molar-refractivity contribution < 1.29 is 9.47 Å². The molecule has 2 rings (SSSR count). The zero-order chi connectivity index (χ0) is 12.5. The van der Waals surface area contributed by atoms with Crippen LogP contribution < -0.4 is 0 Å². The van der Waals surface area contributed by atoms with Crippen molar-refractivity contribution >= 4 is 5.71 Å². The number of ether oxygens (including phenoxy) is 2. The van der Waals surface area contributed by atoms with E-state index < -0.39 is 5.79 Å². The van der Waals surface area contributed by atoms with E-state index in [1.54, 1.807) is 12.3 Å². The Bertz CT molecular complexity index is 491. The third-order valence-electron chi connectivity index (χ3n) is 2.59. The van der Waals surface area contributed by atoms with Crippen LogP contribution in [0.25, 0.3) is 0 Å². The molecule has 1 unspecified atom stereocenters. The van der Waals surface area contributed by atoms with Crippen LogP contribution in [0.1, 0.15) is 31.1 Å². The Kier molecular flexibility index (Phi) is 2.92. The van der Waals surface area contributed by atoms with E-state index in [0.29, 0.717) is 12.2 Å². The molecule has 0 bridgehead atoms. The normalized spacial score (nSPS) is 22.1. The molecule has 1 saturated heterocycles. The zero-order valence-corrected chi connectivity index (χ0v) is 9.73. The number of nitrogens with zero attached hydrogens (tertiary/aromatic N) is 2. The number of hydrogen-bond donors (Lipinski definition) is 1. The van der Waals surface area contributed by atoms with E-state index in [9.17, 15) is 0 Å². The number of rotatable bonds is 2. The molecular weight excluding hydrogens is 218 g/mol. The third kappa shape index (κ3) is 2.33. The summed E-state index contributed by atoms with van der Waals surface area (Å²) in [6.07, 6.45) is 2.88. The second-order valence-corrected chi connectivity index (χ2v) is 4.27. The molecule has 88 valence electrons. The molecule has 1 aliphatic heterocycles. The molecule has 5 heteroatoms. The highest BCUT2D eigenvalue weighted by molar-refractivity contribution is 6.10. The fourth-order valence-corrected chi connectivity index (χ4v) is 1.80. The molecular formula is C12H13N3O2. The lowest BCUT2D eigenvalue weighted by atomic mass is 10.0. The Balaban J connectivity index is 2.34. The Labute approximate surface area is 99.5 Å². The molecule has 1 aliphatic rings. The van der Waals surface area contributed by atoms with Crippen LogP contribution in [-0.4, -0.2) is 23.1 Å². The summed E-state index contributed by atoms with van der Waals surface area (Å²) in [6.45, 7) is 4.09. The smallest absolute Gasteiger partial charge is 0.163 e. The number of pyridine rings is 1. The van der Waals surface area contributed by atoms with Crippen LogP contribution >= 0.6 is 0 Å². The van der Waals surface area contributed by atoms with Crippen molar-refractivity contribution in [3.63, 3.8) is 0 Å². The van der Waals surface area contributed by atoms with Crippen molar-refractivity contribution in [1.29, 1.82) is 10.7 Å². The molecule has 0 saturated carbocycles. The number of hydrogen-bond acceptors (Lipinski definition) is 5. The highest BCUT2D eigenvalue weighted by Crippen LogP contribution is 2.34. The van der Waals surface area contributed by atoms with Crippen molar-refractivity contribution in [2.75, 3.05) is 6.61 Å². The van der Waals surface area contributed by atoms with E-state index >= 15 is 0 Å². The van der Waals surface area contributed by atoms with Gasteiger partial charge in [-0.05, 0) is 25.5 Å². The van der Waals surface area contributed by atoms with Gasteiger partial charge in [0.05, 0.1) is 6.61 Å². The average molecular weight is 231 g/mol. The van der Waals surface area contributed by atoms with E-state index in [1.807, 2.05) is 19.9 Å². The lowest BCUT2D eigenvalue weighted by Crippen LogP contribution is -2.20. The molecule has 2 heterocycles. The van der Waals surface area contributed by atoms with E-state index in [2.05, 4.69) is 4.98 Å². The largest absolute Gasteiger partial charge is 0.347 e. The van der Waals surface area contributed by atoms with Crippen LogP contribution in [0.15, 0.2) is 18.5 Å². The van der Waals surface area contributed by atoms with Gasteiger partial charge in [-0.15, -0.1) is 0 Å². The quantitative estimate of drug-likeness (QED) is 0.787. The van der Waals surface area contributed by atoms with Gasteiger partial charge in [0.25, 0.3) is 0 Å². The van der Waals surface area contributed by atoms with Gasteiger partial charge in [0.1, 0.15) is 17.9 Å². The van der Waals surface area contributed by atoms with E-state index in [4.69, 9.17) is 20.1 Å². The van der Waals surface area contributed by atoms with E-state index in [-0.39, 0.29) is 11.8 Å². The first-order chi connectivity index (χ1) is 8.03. The van der Waals surface area contributed by atoms with Gasteiger partial charge in [-0.3, -0.25) is 10.4 Å². The number of aromatic nitrogens is 1. The van der Waals surface area contributed by atoms with Gasteiger partial charge in [-0.2, -0.15) is 5.26 Å². The summed E-state index contributed by atoms with van der Waals surface area (Å²) in [5.41, 5.74) is 1.17. The molecule has 1 N–H and O–H groups in total. The Morgan fingerprint density at radius 1 is 1.65 bits per heavy atom. The fraction of sp³-hybridized carbons (Fsp3) is 0.417. The van der Waals surface area contributed by atoms with Crippen LogP contribution in [-0.2, 0) is 9.47 Å². The SMILES string of the molecule is CC1(C)OCC(c2ccncc2C(=N)C#N)O1. The Hall–Kier alpha value is -1.77. The first kappa shape index (κ1) is 11.7. The molecule has 5 nitrogen and oxygen atoms in total. The first-order valence-corrected chi connectivity index (χ1v) is 5.28. The van der Waals surface area contributed by atoms with Crippen molar-refractivity contribution in [3.05, 3.63) is 29.6 Å². The van der Waals surface area contributed by atoms with Crippen molar-refractivity contribution in [1.82, 2.24) is 4.98 Å². The Morgan fingerprint density at radius 2 is 2.41 bits per heavy atom. The predicted octanol–water partition coefficient (Wildman–Crippen LogP) is 1.80. The van der Waals surface area contributed by atoms with Crippen LogP contribution in [0.5, 0.6) is 0 Å². The van der Waals surface area contributed by atoms with E-state index in [0.717, 1.165) is 5.56 Å². The van der Waals surface area contributed by atoms with Gasteiger partial charge in [-0.25, -0.2) is 0 Å². The molecule has 0 amide bonds. The fourth-order valence-electron chi connectivity index (χ4n) is 1.80. The van der Waals surface area contributed by atoms with Crippen molar-refractivity contribution in [3.8, 4) is 6.07 Å². The van der Waals surface area contributed by atoms with E-state index in [1.165, 1.54) is 6.20 Å². The van der Waals surface area contributed by atoms with Gasteiger partial charge >= 0.3 is 0 Å². The molecule has 0 aliphatic carbocycles. The molecule has 0 aromatic carbocycles. The van der Waals surface area contributed by atoms with Crippen molar-refractivity contribution in [2.45, 2.75) is 25.7 Å². The lowest BCUT2D eigenvalue weighted by Gasteiger charge is -2.18. The van der Waals surface area contributed by atoms with Gasteiger partial charge in [0.15, 0.2) is 5.79 Å². The van der Waals surface area contributed by atoms with Gasteiger partial charge in [0.2, 0.25) is 0 Å². The minimum Gasteiger partial charge on any atom is -0.347 e. The maximum absolute atomic E-state index is 8.78. The summed E-state index contributed by atoms with van der Waals surface area (Å²) in [5, 5.41) is 16.4. The highest BCUT2D eigenvalue weighted by Gasteiger charge is 2.34. The average Bonchev–Trinajstić information content (AvgIpc) is 2.68. The monoisotopic (exact) mass is 231 g/mol. The molecule has 1 aromatic heterocycles. The molecule has 17 heavy (non-hydrogen) atoms. The third-order valence-corrected chi connectivity index (χ3v) is 2.59. The summed E-state index contributed by atoms with van der Waals surface area (Å²) in [5.74, 6) is -0.625. The summed E-state index contributed by atoms with van der Waals surface area (Å²) in [6, 6.07) is 3.57. The minimum atomic E-state index is -0.625. The molecule has 0 radical (unpaired) electrons. The zero-order valence-electron chi connectivity index (χ0n) is 9.73. The summed E-state index contributed by atoms with van der Waals surface area (Å²) >= 11 is 0. The van der Waals surface area contributed by atoms with Gasteiger partial charge in [0, 0.05) is 18.0 Å². The molecule has 1 atom stereocenters. The first-order valence-electron chi connectivity index (χ1n) is 5.28. The maximum atomic E-state index is 8.78. The summed E-state index contributed by atoms with van der Waals surface area (Å²) in [7, 11) is 0. The number of nitriles is 1. The molecule has 1 fully saturated rings. The predicted molar refractivity (Wildman–Crippen MR) is 60.5 cm³/mol.